The minimum atomic E-state index is -0.390. The topological polar surface area (TPSA) is 38.3 Å². The van der Waals surface area contributed by atoms with Crippen molar-refractivity contribution in [2.24, 2.45) is 0 Å². The van der Waals surface area contributed by atoms with Crippen LogP contribution in [0.15, 0.2) is 24.3 Å². The first-order chi connectivity index (χ1) is 6.77. The molecule has 0 saturated carbocycles. The highest BCUT2D eigenvalue weighted by Crippen LogP contribution is 2.08. The summed E-state index contributed by atoms with van der Waals surface area (Å²) in [7, 11) is 0. The molecule has 0 heterocycles. The van der Waals surface area contributed by atoms with Gasteiger partial charge in [-0.3, -0.25) is 0 Å². The predicted octanol–water partition coefficient (Wildman–Crippen LogP) is 2.53. The summed E-state index contributed by atoms with van der Waals surface area (Å²) in [6.07, 6.45) is 0. The summed E-state index contributed by atoms with van der Waals surface area (Å²) in [5.74, 6) is 0.00121. The van der Waals surface area contributed by atoms with Gasteiger partial charge in [0.05, 0.1) is 5.56 Å². The van der Waals surface area contributed by atoms with E-state index in [1.54, 1.807) is 18.2 Å². The number of hydrogen-bond acceptors (Lipinski definition) is 3. The van der Waals surface area contributed by atoms with Crippen LogP contribution in [-0.2, 0) is 10.7 Å². The molecule has 0 fully saturated rings. The molecular formula is C10H13Cl2NO2. The Kier molecular flexibility index (Phi) is 7.13. The van der Waals surface area contributed by atoms with Crippen molar-refractivity contribution >= 4 is 30.0 Å². The molecule has 0 spiro atoms. The van der Waals surface area contributed by atoms with E-state index >= 15 is 0 Å². The Morgan fingerprint density at radius 3 is 2.87 bits per heavy atom. The van der Waals surface area contributed by atoms with Crippen LogP contribution in [0.3, 0.4) is 0 Å². The standard InChI is InChI=1S/C10H12ClNO2.ClH/c1-2-12-14-10(13)9-5-3-4-8(6-9)7-11;/h3-6,12H,2,7H2,1H3;1H. The molecule has 0 atom stereocenters. The van der Waals surface area contributed by atoms with Gasteiger partial charge in [-0.25, -0.2) is 4.79 Å². The van der Waals surface area contributed by atoms with Crippen LogP contribution in [0.25, 0.3) is 0 Å². The highest BCUT2D eigenvalue weighted by Gasteiger charge is 2.06. The van der Waals surface area contributed by atoms with Crippen LogP contribution in [0.4, 0.5) is 0 Å². The van der Waals surface area contributed by atoms with Gasteiger partial charge >= 0.3 is 5.97 Å². The van der Waals surface area contributed by atoms with E-state index in [-0.39, 0.29) is 18.4 Å². The highest BCUT2D eigenvalue weighted by atomic mass is 35.5. The summed E-state index contributed by atoms with van der Waals surface area (Å²) in [4.78, 5) is 16.1. The number of hydroxylamine groups is 1. The third kappa shape index (κ3) is 4.51. The molecule has 1 aromatic carbocycles. The maximum absolute atomic E-state index is 11.3. The second-order valence-electron chi connectivity index (χ2n) is 2.72. The van der Waals surface area contributed by atoms with Gasteiger partial charge in [-0.1, -0.05) is 12.1 Å². The first-order valence-corrected chi connectivity index (χ1v) is 4.90. The third-order valence-corrected chi connectivity index (χ3v) is 1.93. The summed E-state index contributed by atoms with van der Waals surface area (Å²) in [6, 6.07) is 7.04. The maximum Gasteiger partial charge on any atom is 0.356 e. The number of alkyl halides is 1. The summed E-state index contributed by atoms with van der Waals surface area (Å²) >= 11 is 5.64. The summed E-state index contributed by atoms with van der Waals surface area (Å²) < 4.78 is 0. The molecule has 0 aliphatic rings. The zero-order chi connectivity index (χ0) is 10.4. The van der Waals surface area contributed by atoms with E-state index < -0.39 is 0 Å². The number of carbonyl (C=O) groups excluding carboxylic acids is 1. The van der Waals surface area contributed by atoms with Crippen molar-refractivity contribution in [1.82, 2.24) is 5.48 Å². The number of benzene rings is 1. The van der Waals surface area contributed by atoms with E-state index in [1.165, 1.54) is 0 Å². The molecular weight excluding hydrogens is 237 g/mol. The van der Waals surface area contributed by atoms with Gasteiger partial charge in [0.2, 0.25) is 0 Å². The maximum atomic E-state index is 11.3. The molecule has 0 bridgehead atoms. The van der Waals surface area contributed by atoms with Crippen LogP contribution in [0, 0.1) is 0 Å². The third-order valence-electron chi connectivity index (χ3n) is 1.63. The average molecular weight is 250 g/mol. The van der Waals surface area contributed by atoms with Crippen LogP contribution in [0.5, 0.6) is 0 Å². The Balaban J connectivity index is 0.00000196. The number of carbonyl (C=O) groups is 1. The fourth-order valence-corrected chi connectivity index (χ4v) is 1.14. The number of nitrogens with one attached hydrogen (secondary N) is 1. The molecule has 0 saturated heterocycles. The van der Waals surface area contributed by atoms with Gasteiger partial charge in [-0.2, -0.15) is 5.48 Å². The molecule has 0 amide bonds. The minimum Gasteiger partial charge on any atom is -0.367 e. The van der Waals surface area contributed by atoms with Crippen LogP contribution >= 0.6 is 24.0 Å². The van der Waals surface area contributed by atoms with E-state index in [9.17, 15) is 4.79 Å². The van der Waals surface area contributed by atoms with Crippen LogP contribution < -0.4 is 5.48 Å². The van der Waals surface area contributed by atoms with Crippen molar-refractivity contribution in [3.05, 3.63) is 35.4 Å². The van der Waals surface area contributed by atoms with Gasteiger partial charge in [0.15, 0.2) is 0 Å². The molecule has 1 N–H and O–H groups in total. The van der Waals surface area contributed by atoms with Crippen LogP contribution in [0.2, 0.25) is 0 Å². The summed E-state index contributed by atoms with van der Waals surface area (Å²) in [6.45, 7) is 2.43. The molecule has 0 aromatic heterocycles. The van der Waals surface area contributed by atoms with Gasteiger partial charge in [0, 0.05) is 12.4 Å². The number of rotatable bonds is 4. The largest absolute Gasteiger partial charge is 0.367 e. The van der Waals surface area contributed by atoms with E-state index in [2.05, 4.69) is 5.48 Å². The van der Waals surface area contributed by atoms with Crippen molar-refractivity contribution in [2.45, 2.75) is 12.8 Å². The first-order valence-electron chi connectivity index (χ1n) is 4.37. The summed E-state index contributed by atoms with van der Waals surface area (Å²) in [5.41, 5.74) is 3.91. The highest BCUT2D eigenvalue weighted by molar-refractivity contribution is 6.17. The van der Waals surface area contributed by atoms with Crippen LogP contribution in [0.1, 0.15) is 22.8 Å². The fourth-order valence-electron chi connectivity index (χ4n) is 0.978. The van der Waals surface area contributed by atoms with Crippen molar-refractivity contribution in [2.75, 3.05) is 6.54 Å². The molecule has 0 aliphatic heterocycles. The smallest absolute Gasteiger partial charge is 0.356 e. The second-order valence-corrected chi connectivity index (χ2v) is 2.99. The molecule has 1 rings (SSSR count). The van der Waals surface area contributed by atoms with Gasteiger partial charge in [-0.15, -0.1) is 24.0 Å². The lowest BCUT2D eigenvalue weighted by Gasteiger charge is -2.03. The van der Waals surface area contributed by atoms with Gasteiger partial charge < -0.3 is 4.84 Å². The molecule has 0 aliphatic carbocycles. The molecule has 5 heteroatoms. The fraction of sp³-hybridized carbons (Fsp3) is 0.300. The first kappa shape index (κ1) is 14.2. The lowest BCUT2D eigenvalue weighted by molar-refractivity contribution is 0.0265. The van der Waals surface area contributed by atoms with E-state index in [0.717, 1.165) is 5.56 Å². The SMILES string of the molecule is CCNOC(=O)c1cccc(CCl)c1.Cl. The average Bonchev–Trinajstić information content (AvgIpc) is 2.26. The normalized spacial score (nSPS) is 9.20. The van der Waals surface area contributed by atoms with Crippen molar-refractivity contribution in [1.29, 1.82) is 0 Å². The Labute approximate surface area is 100 Å². The van der Waals surface area contributed by atoms with E-state index in [1.807, 2.05) is 13.0 Å². The predicted molar refractivity (Wildman–Crippen MR) is 62.3 cm³/mol. The monoisotopic (exact) mass is 249 g/mol. The van der Waals surface area contributed by atoms with Crippen molar-refractivity contribution < 1.29 is 9.63 Å². The number of halogens is 2. The van der Waals surface area contributed by atoms with Gasteiger partial charge in [0.1, 0.15) is 0 Å². The Hall–Kier alpha value is -0.770. The Bertz CT molecular complexity index is 318. The molecule has 15 heavy (non-hydrogen) atoms. The van der Waals surface area contributed by atoms with Gasteiger partial charge in [0.25, 0.3) is 0 Å². The molecule has 0 radical (unpaired) electrons. The van der Waals surface area contributed by atoms with Crippen molar-refractivity contribution in [3.8, 4) is 0 Å². The lowest BCUT2D eigenvalue weighted by Crippen LogP contribution is -2.19. The van der Waals surface area contributed by atoms with Crippen molar-refractivity contribution in [3.63, 3.8) is 0 Å². The summed E-state index contributed by atoms with van der Waals surface area (Å²) in [5, 5.41) is 0. The van der Waals surface area contributed by atoms with E-state index in [0.29, 0.717) is 18.0 Å². The molecule has 1 aromatic rings. The Morgan fingerprint density at radius 1 is 1.53 bits per heavy atom. The van der Waals surface area contributed by atoms with Gasteiger partial charge in [-0.05, 0) is 24.6 Å². The van der Waals surface area contributed by atoms with E-state index in [4.69, 9.17) is 16.4 Å². The zero-order valence-electron chi connectivity index (χ0n) is 8.33. The molecule has 84 valence electrons. The number of hydrogen-bond donors (Lipinski definition) is 1. The Morgan fingerprint density at radius 2 is 2.27 bits per heavy atom. The quantitative estimate of drug-likeness (QED) is 0.659. The zero-order valence-corrected chi connectivity index (χ0v) is 9.90. The minimum absolute atomic E-state index is 0. The lowest BCUT2D eigenvalue weighted by atomic mass is 10.1. The molecule has 0 unspecified atom stereocenters. The second kappa shape index (κ2) is 7.51. The van der Waals surface area contributed by atoms with Crippen LogP contribution in [-0.4, -0.2) is 12.5 Å². The molecule has 3 nitrogen and oxygen atoms in total.